The maximum atomic E-state index is 12.2. The Balaban J connectivity index is 2.05. The molecule has 0 spiro atoms. The first kappa shape index (κ1) is 13.2. The van der Waals surface area contributed by atoms with Gasteiger partial charge in [0.05, 0.1) is 12.6 Å². The Labute approximate surface area is 119 Å². The number of allylic oxidation sites excluding steroid dienone is 1. The molecule has 4 heteroatoms. The highest BCUT2D eigenvalue weighted by molar-refractivity contribution is 6.00. The number of nitrogens with one attached hydrogen (secondary N) is 2. The molecular weight excluding hydrogens is 252 g/mol. The molecule has 0 saturated heterocycles. The lowest BCUT2D eigenvalue weighted by Crippen LogP contribution is -3.12. The average molecular weight is 273 g/mol. The highest BCUT2D eigenvalue weighted by atomic mass is 16.3. The van der Waals surface area contributed by atoms with Gasteiger partial charge < -0.3 is 10.4 Å². The van der Waals surface area contributed by atoms with Gasteiger partial charge in [-0.25, -0.2) is 0 Å². The van der Waals surface area contributed by atoms with E-state index in [0.29, 0.717) is 11.7 Å². The third-order valence-corrected chi connectivity index (χ3v) is 4.69. The minimum Gasteiger partial charge on any atom is -0.508 e. The molecule has 2 aliphatic heterocycles. The monoisotopic (exact) mass is 273 g/mol. The van der Waals surface area contributed by atoms with Gasteiger partial charge in [0.2, 0.25) is 0 Å². The number of likely N-dealkylation sites (N-methyl/N-ethyl adjacent to an activating group) is 1. The van der Waals surface area contributed by atoms with Crippen LogP contribution < -0.4 is 10.2 Å². The zero-order valence-electron chi connectivity index (χ0n) is 12.1. The van der Waals surface area contributed by atoms with Crippen molar-refractivity contribution in [1.82, 2.24) is 5.32 Å². The second-order valence-corrected chi connectivity index (χ2v) is 5.89. The van der Waals surface area contributed by atoms with E-state index in [1.807, 2.05) is 18.2 Å². The molecule has 0 aromatic carbocycles. The van der Waals surface area contributed by atoms with Crippen LogP contribution in [0.2, 0.25) is 0 Å². The number of hydrogen-bond acceptors (Lipinski definition) is 2. The normalized spacial score (nSPS) is 33.1. The van der Waals surface area contributed by atoms with Crippen LogP contribution in [0.1, 0.15) is 20.3 Å². The van der Waals surface area contributed by atoms with Crippen molar-refractivity contribution in [2.24, 2.45) is 5.92 Å². The van der Waals surface area contributed by atoms with E-state index in [4.69, 9.17) is 0 Å². The summed E-state index contributed by atoms with van der Waals surface area (Å²) in [5.41, 5.74) is 3.02. The number of aliphatic hydroxyl groups excluding tert-OH is 1. The van der Waals surface area contributed by atoms with Crippen LogP contribution in [0.25, 0.3) is 0 Å². The Morgan fingerprint density at radius 3 is 2.90 bits per heavy atom. The largest absolute Gasteiger partial charge is 0.508 e. The SMILES string of the molecule is CCC(C)C1NC(=O)C2=C1[NH+](C)C1C=C(O)C=CC1=C2. The first-order chi connectivity index (χ1) is 9.52. The lowest BCUT2D eigenvalue weighted by atomic mass is 9.88. The van der Waals surface area contributed by atoms with Crippen molar-refractivity contribution in [2.45, 2.75) is 32.4 Å². The van der Waals surface area contributed by atoms with Gasteiger partial charge in [0.1, 0.15) is 23.5 Å². The number of hydrogen-bond donors (Lipinski definition) is 3. The van der Waals surface area contributed by atoms with Crippen molar-refractivity contribution in [3.8, 4) is 0 Å². The third kappa shape index (κ3) is 1.83. The molecule has 2 heterocycles. The summed E-state index contributed by atoms with van der Waals surface area (Å²) in [4.78, 5) is 13.4. The van der Waals surface area contributed by atoms with Crippen LogP contribution in [0.3, 0.4) is 0 Å². The van der Waals surface area contributed by atoms with E-state index in [-0.39, 0.29) is 18.0 Å². The van der Waals surface area contributed by atoms with Crippen LogP contribution in [0.15, 0.2) is 46.9 Å². The number of amides is 1. The van der Waals surface area contributed by atoms with Gasteiger partial charge in [-0.15, -0.1) is 0 Å². The summed E-state index contributed by atoms with van der Waals surface area (Å²) in [5.74, 6) is 0.740. The maximum Gasteiger partial charge on any atom is 0.257 e. The van der Waals surface area contributed by atoms with Gasteiger partial charge in [0.25, 0.3) is 5.91 Å². The summed E-state index contributed by atoms with van der Waals surface area (Å²) >= 11 is 0. The lowest BCUT2D eigenvalue weighted by molar-refractivity contribution is -0.856. The molecule has 3 N–H and O–H groups in total. The highest BCUT2D eigenvalue weighted by Gasteiger charge is 2.44. The zero-order chi connectivity index (χ0) is 14.4. The number of rotatable bonds is 2. The summed E-state index contributed by atoms with van der Waals surface area (Å²) in [6.45, 7) is 4.31. The molecule has 0 aromatic rings. The summed E-state index contributed by atoms with van der Waals surface area (Å²) in [5, 5.41) is 12.8. The van der Waals surface area contributed by atoms with Crippen molar-refractivity contribution in [3.05, 3.63) is 46.9 Å². The van der Waals surface area contributed by atoms with Crippen molar-refractivity contribution in [3.63, 3.8) is 0 Å². The second-order valence-electron chi connectivity index (χ2n) is 5.89. The predicted molar refractivity (Wildman–Crippen MR) is 77.0 cm³/mol. The molecule has 0 bridgehead atoms. The molecule has 3 aliphatic rings. The number of quaternary nitrogens is 1. The molecule has 0 fully saturated rings. The van der Waals surface area contributed by atoms with Gasteiger partial charge in [-0.1, -0.05) is 20.3 Å². The first-order valence-corrected chi connectivity index (χ1v) is 7.22. The molecule has 0 radical (unpaired) electrons. The van der Waals surface area contributed by atoms with E-state index in [1.54, 1.807) is 6.08 Å². The molecule has 0 saturated carbocycles. The van der Waals surface area contributed by atoms with Crippen molar-refractivity contribution in [2.75, 3.05) is 7.05 Å². The highest BCUT2D eigenvalue weighted by Crippen LogP contribution is 2.28. The molecule has 0 aromatic heterocycles. The van der Waals surface area contributed by atoms with Crippen LogP contribution in [-0.2, 0) is 4.79 Å². The number of carbonyl (C=O) groups excluding carboxylic acids is 1. The standard InChI is InChI=1S/C16H20N2O2/c1-4-9(2)14-15-12(16(20)17-14)7-10-5-6-11(19)8-13(10)18(15)3/h5-9,13-14,19H,4H2,1-3H3,(H,17,20)/p+1. The molecular formula is C16H21N2O2+. The molecule has 4 atom stereocenters. The summed E-state index contributed by atoms with van der Waals surface area (Å²) in [7, 11) is 2.08. The van der Waals surface area contributed by atoms with Gasteiger partial charge in [0, 0.05) is 11.6 Å². The van der Waals surface area contributed by atoms with Crippen LogP contribution in [0, 0.1) is 5.92 Å². The zero-order valence-corrected chi connectivity index (χ0v) is 12.1. The van der Waals surface area contributed by atoms with Gasteiger partial charge in [-0.05, 0) is 24.1 Å². The molecule has 4 unspecified atom stereocenters. The average Bonchev–Trinajstić information content (AvgIpc) is 2.77. The number of fused-ring (bicyclic) bond motifs is 1. The summed E-state index contributed by atoms with van der Waals surface area (Å²) in [6.07, 6.45) is 8.44. The van der Waals surface area contributed by atoms with Gasteiger partial charge in [-0.2, -0.15) is 0 Å². The molecule has 4 nitrogen and oxygen atoms in total. The van der Waals surface area contributed by atoms with Gasteiger partial charge in [-0.3, -0.25) is 9.69 Å². The van der Waals surface area contributed by atoms with E-state index in [9.17, 15) is 9.90 Å². The maximum absolute atomic E-state index is 12.2. The fraction of sp³-hybridized carbons (Fsp3) is 0.438. The predicted octanol–water partition coefficient (Wildman–Crippen LogP) is 0.620. The van der Waals surface area contributed by atoms with Crippen LogP contribution in [0.4, 0.5) is 0 Å². The molecule has 1 aliphatic carbocycles. The third-order valence-electron chi connectivity index (χ3n) is 4.69. The van der Waals surface area contributed by atoms with E-state index < -0.39 is 0 Å². The lowest BCUT2D eigenvalue weighted by Gasteiger charge is -2.32. The Morgan fingerprint density at radius 2 is 2.20 bits per heavy atom. The fourth-order valence-corrected chi connectivity index (χ4v) is 3.30. The molecule has 20 heavy (non-hydrogen) atoms. The van der Waals surface area contributed by atoms with E-state index in [0.717, 1.165) is 23.3 Å². The molecule has 3 rings (SSSR count). The van der Waals surface area contributed by atoms with Crippen molar-refractivity contribution >= 4 is 5.91 Å². The Hall–Kier alpha value is -1.81. The quantitative estimate of drug-likeness (QED) is 0.691. The van der Waals surface area contributed by atoms with E-state index in [2.05, 4.69) is 26.2 Å². The van der Waals surface area contributed by atoms with E-state index >= 15 is 0 Å². The second kappa shape index (κ2) is 4.63. The topological polar surface area (TPSA) is 53.8 Å². The van der Waals surface area contributed by atoms with Crippen LogP contribution in [0.5, 0.6) is 0 Å². The number of aliphatic hydroxyl groups is 1. The van der Waals surface area contributed by atoms with Crippen LogP contribution in [-0.4, -0.2) is 30.1 Å². The minimum absolute atomic E-state index is 0.0303. The Morgan fingerprint density at radius 1 is 1.45 bits per heavy atom. The van der Waals surface area contributed by atoms with E-state index in [1.165, 1.54) is 4.90 Å². The number of carbonyl (C=O) groups is 1. The first-order valence-electron chi connectivity index (χ1n) is 7.22. The smallest absolute Gasteiger partial charge is 0.257 e. The molecule has 106 valence electrons. The van der Waals surface area contributed by atoms with Gasteiger partial charge in [0.15, 0.2) is 0 Å². The summed E-state index contributed by atoms with van der Waals surface area (Å²) in [6, 6.07) is 0.194. The molecule has 1 amide bonds. The van der Waals surface area contributed by atoms with Crippen molar-refractivity contribution in [1.29, 1.82) is 0 Å². The van der Waals surface area contributed by atoms with Crippen molar-refractivity contribution < 1.29 is 14.8 Å². The Bertz CT molecular complexity index is 583. The minimum atomic E-state index is 0.0303. The van der Waals surface area contributed by atoms with Gasteiger partial charge >= 0.3 is 0 Å². The van der Waals surface area contributed by atoms with Crippen LogP contribution >= 0.6 is 0 Å². The Kier molecular flexibility index (Phi) is 3.05. The fourth-order valence-electron chi connectivity index (χ4n) is 3.30. The summed E-state index contributed by atoms with van der Waals surface area (Å²) < 4.78 is 0.